The van der Waals surface area contributed by atoms with Crippen LogP contribution in [-0.4, -0.2) is 45.5 Å². The molecule has 35 heavy (non-hydrogen) atoms. The molecule has 1 aromatic heterocycles. The van der Waals surface area contributed by atoms with Crippen molar-refractivity contribution in [1.82, 2.24) is 15.1 Å². The van der Waals surface area contributed by atoms with Crippen LogP contribution in [0.4, 0.5) is 10.6 Å². The van der Waals surface area contributed by atoms with E-state index in [2.05, 4.69) is 27.9 Å². The zero-order valence-corrected chi connectivity index (χ0v) is 20.0. The van der Waals surface area contributed by atoms with Gasteiger partial charge in [-0.05, 0) is 27.7 Å². The zero-order chi connectivity index (χ0) is 25.3. The number of benzene rings is 2. The molecule has 0 unspecified atom stereocenters. The summed E-state index contributed by atoms with van der Waals surface area (Å²) in [4.78, 5) is 37.2. The molecule has 182 valence electrons. The van der Waals surface area contributed by atoms with Crippen molar-refractivity contribution in [1.29, 1.82) is 0 Å². The molecule has 1 atom stereocenters. The molecule has 2 amide bonds. The van der Waals surface area contributed by atoms with Crippen molar-refractivity contribution in [3.8, 4) is 11.1 Å². The second-order valence-corrected chi connectivity index (χ2v) is 9.59. The lowest BCUT2D eigenvalue weighted by molar-refractivity contribution is -0.142. The molecule has 0 saturated heterocycles. The number of carbonyl (C=O) groups is 3. The lowest BCUT2D eigenvalue weighted by Gasteiger charge is -2.27. The molecule has 9 heteroatoms. The second-order valence-electron chi connectivity index (χ2n) is 9.59. The highest BCUT2D eigenvalue weighted by molar-refractivity contribution is 6.03. The van der Waals surface area contributed by atoms with Crippen LogP contribution in [0, 0.1) is 5.41 Å². The van der Waals surface area contributed by atoms with E-state index in [4.69, 9.17) is 4.74 Å². The van der Waals surface area contributed by atoms with Crippen LogP contribution in [0.2, 0.25) is 0 Å². The standard InChI is InChI=1S/C26H28N4O5/c1-26(2,3)21(24(32)33)28-23(31)19-13-27-30(4)22(19)29-25(34)35-14-20-17-11-7-5-9-15(17)16-10-6-8-12-18(16)20/h5-13,20-21H,14H2,1-4H3,(H,28,31)(H,29,34)(H,32,33)/t21-/m0/s1. The fraction of sp³-hybridized carbons (Fsp3) is 0.308. The van der Waals surface area contributed by atoms with Crippen molar-refractivity contribution in [2.45, 2.75) is 32.7 Å². The topological polar surface area (TPSA) is 123 Å². The molecule has 2 aromatic carbocycles. The first-order chi connectivity index (χ1) is 16.6. The number of anilines is 1. The summed E-state index contributed by atoms with van der Waals surface area (Å²) in [5, 5.41) is 18.7. The van der Waals surface area contributed by atoms with Gasteiger partial charge in [-0.3, -0.25) is 14.8 Å². The molecule has 1 heterocycles. The Bertz CT molecular complexity index is 1250. The summed E-state index contributed by atoms with van der Waals surface area (Å²) in [6.07, 6.45) is 0.533. The minimum atomic E-state index is -1.15. The number of amides is 2. The van der Waals surface area contributed by atoms with Crippen LogP contribution in [0.25, 0.3) is 11.1 Å². The van der Waals surface area contributed by atoms with Gasteiger partial charge in [-0.15, -0.1) is 0 Å². The first-order valence-corrected chi connectivity index (χ1v) is 11.3. The number of carboxylic acid groups (broad SMARTS) is 1. The molecular formula is C26H28N4O5. The summed E-state index contributed by atoms with van der Waals surface area (Å²) < 4.78 is 6.88. The van der Waals surface area contributed by atoms with Crippen LogP contribution in [0.5, 0.6) is 0 Å². The minimum Gasteiger partial charge on any atom is -0.480 e. The maximum absolute atomic E-state index is 12.8. The fourth-order valence-electron chi connectivity index (χ4n) is 4.34. The zero-order valence-electron chi connectivity index (χ0n) is 20.0. The van der Waals surface area contributed by atoms with E-state index in [1.54, 1.807) is 27.8 Å². The third kappa shape index (κ3) is 4.75. The van der Waals surface area contributed by atoms with Crippen LogP contribution in [0.1, 0.15) is 48.2 Å². The number of nitrogens with one attached hydrogen (secondary N) is 2. The quantitative estimate of drug-likeness (QED) is 0.494. The van der Waals surface area contributed by atoms with Gasteiger partial charge in [0.05, 0.1) is 6.20 Å². The van der Waals surface area contributed by atoms with E-state index in [0.717, 1.165) is 22.3 Å². The summed E-state index contributed by atoms with van der Waals surface area (Å²) in [6, 6.07) is 14.9. The second kappa shape index (κ2) is 9.25. The molecule has 0 radical (unpaired) electrons. The van der Waals surface area contributed by atoms with Gasteiger partial charge >= 0.3 is 12.1 Å². The molecule has 1 aliphatic rings. The summed E-state index contributed by atoms with van der Waals surface area (Å²) in [7, 11) is 1.56. The van der Waals surface area contributed by atoms with Crippen molar-refractivity contribution in [2.75, 3.05) is 11.9 Å². The first-order valence-electron chi connectivity index (χ1n) is 11.3. The monoisotopic (exact) mass is 476 g/mol. The summed E-state index contributed by atoms with van der Waals surface area (Å²) in [6.45, 7) is 5.26. The van der Waals surface area contributed by atoms with E-state index >= 15 is 0 Å². The molecule has 9 nitrogen and oxygen atoms in total. The predicted molar refractivity (Wildman–Crippen MR) is 130 cm³/mol. The Morgan fingerprint density at radius 3 is 2.17 bits per heavy atom. The molecule has 0 fully saturated rings. The van der Waals surface area contributed by atoms with E-state index in [0.29, 0.717) is 0 Å². The smallest absolute Gasteiger partial charge is 0.412 e. The van der Waals surface area contributed by atoms with Crippen molar-refractivity contribution in [3.63, 3.8) is 0 Å². The Morgan fingerprint density at radius 1 is 1.06 bits per heavy atom. The molecule has 1 aliphatic carbocycles. The Labute approximate surface area is 203 Å². The summed E-state index contributed by atoms with van der Waals surface area (Å²) >= 11 is 0. The van der Waals surface area contributed by atoms with E-state index in [1.165, 1.54) is 10.9 Å². The number of aryl methyl sites for hydroxylation is 1. The Hall–Kier alpha value is -4.14. The van der Waals surface area contributed by atoms with Crippen LogP contribution in [0.15, 0.2) is 54.7 Å². The van der Waals surface area contributed by atoms with Crippen molar-refractivity contribution < 1.29 is 24.2 Å². The molecule has 3 N–H and O–H groups in total. The summed E-state index contributed by atoms with van der Waals surface area (Å²) in [5.41, 5.74) is 3.73. The van der Waals surface area contributed by atoms with Crippen molar-refractivity contribution >= 4 is 23.8 Å². The molecular weight excluding hydrogens is 448 g/mol. The molecule has 0 aliphatic heterocycles. The number of hydrogen-bond acceptors (Lipinski definition) is 5. The highest BCUT2D eigenvalue weighted by Crippen LogP contribution is 2.44. The number of carboxylic acids is 1. The van der Waals surface area contributed by atoms with Crippen LogP contribution >= 0.6 is 0 Å². The molecule has 0 bridgehead atoms. The van der Waals surface area contributed by atoms with Crippen LogP contribution in [0.3, 0.4) is 0 Å². The highest BCUT2D eigenvalue weighted by Gasteiger charge is 2.34. The maximum Gasteiger partial charge on any atom is 0.412 e. The summed E-state index contributed by atoms with van der Waals surface area (Å²) in [5.74, 6) is -1.81. The van der Waals surface area contributed by atoms with Gasteiger partial charge < -0.3 is 15.2 Å². The number of nitrogens with zero attached hydrogens (tertiary/aromatic N) is 2. The van der Waals surface area contributed by atoms with Gasteiger partial charge in [0.15, 0.2) is 0 Å². The van der Waals surface area contributed by atoms with Gasteiger partial charge in [-0.2, -0.15) is 5.10 Å². The van der Waals surface area contributed by atoms with Crippen molar-refractivity contribution in [2.24, 2.45) is 12.5 Å². The molecule has 4 rings (SSSR count). The minimum absolute atomic E-state index is 0.0384. The fourth-order valence-corrected chi connectivity index (χ4v) is 4.34. The maximum atomic E-state index is 12.8. The lowest BCUT2D eigenvalue weighted by atomic mass is 9.86. The molecule has 3 aromatic rings. The SMILES string of the molecule is Cn1ncc(C(=O)N[C@@H](C(=O)O)C(C)(C)C)c1NC(=O)OCC1c2ccccc2-c2ccccc21. The predicted octanol–water partition coefficient (Wildman–Crippen LogP) is 4.01. The average Bonchev–Trinajstić information content (AvgIpc) is 3.33. The molecule has 0 spiro atoms. The third-order valence-corrected chi connectivity index (χ3v) is 6.14. The van der Waals surface area contributed by atoms with Crippen LogP contribution in [-0.2, 0) is 16.6 Å². The van der Waals surface area contributed by atoms with E-state index in [-0.39, 0.29) is 23.9 Å². The van der Waals surface area contributed by atoms with E-state index < -0.39 is 29.4 Å². The number of ether oxygens (including phenoxy) is 1. The Kier molecular flexibility index (Phi) is 6.34. The van der Waals surface area contributed by atoms with Gasteiger partial charge in [0.25, 0.3) is 5.91 Å². The van der Waals surface area contributed by atoms with Gasteiger partial charge in [0.1, 0.15) is 24.0 Å². The Balaban J connectivity index is 1.47. The lowest BCUT2D eigenvalue weighted by Crippen LogP contribution is -2.49. The van der Waals surface area contributed by atoms with Gasteiger partial charge in [0, 0.05) is 13.0 Å². The normalized spacial score (nSPS) is 13.5. The third-order valence-electron chi connectivity index (χ3n) is 6.14. The number of aromatic nitrogens is 2. The number of hydrogen-bond donors (Lipinski definition) is 3. The van der Waals surface area contributed by atoms with Gasteiger partial charge in [-0.25, -0.2) is 9.59 Å². The van der Waals surface area contributed by atoms with E-state index in [1.807, 2.05) is 36.4 Å². The van der Waals surface area contributed by atoms with Crippen molar-refractivity contribution in [3.05, 3.63) is 71.4 Å². The molecule has 0 saturated carbocycles. The number of rotatable bonds is 6. The number of carbonyl (C=O) groups excluding carboxylic acids is 2. The number of aliphatic carboxylic acids is 1. The van der Waals surface area contributed by atoms with Crippen LogP contribution < -0.4 is 10.6 Å². The first kappa shape index (κ1) is 24.0. The average molecular weight is 477 g/mol. The Morgan fingerprint density at radius 2 is 1.63 bits per heavy atom. The van der Waals surface area contributed by atoms with Gasteiger partial charge in [-0.1, -0.05) is 69.3 Å². The largest absolute Gasteiger partial charge is 0.480 e. The highest BCUT2D eigenvalue weighted by atomic mass is 16.5. The number of fused-ring (bicyclic) bond motifs is 3. The van der Waals surface area contributed by atoms with E-state index in [9.17, 15) is 19.5 Å². The van der Waals surface area contributed by atoms with Gasteiger partial charge in [0.2, 0.25) is 0 Å².